The van der Waals surface area contributed by atoms with Crippen LogP contribution in [0.3, 0.4) is 0 Å². The second kappa shape index (κ2) is 8.39. The first-order valence-corrected chi connectivity index (χ1v) is 8.85. The number of thioether (sulfide) groups is 1. The number of carbonyl (C=O) groups is 1. The second-order valence-electron chi connectivity index (χ2n) is 5.54. The minimum absolute atomic E-state index is 0.170. The van der Waals surface area contributed by atoms with Crippen LogP contribution in [0.2, 0.25) is 0 Å². The third-order valence-electron chi connectivity index (χ3n) is 3.96. The number of carbonyl (C=O) groups excluding carboxylic acids is 1. The van der Waals surface area contributed by atoms with Crippen LogP contribution in [0.1, 0.15) is 30.4 Å². The molecule has 0 spiro atoms. The summed E-state index contributed by atoms with van der Waals surface area (Å²) in [6, 6.07) is 4.69. The molecule has 1 aromatic carbocycles. The Morgan fingerprint density at radius 1 is 1.41 bits per heavy atom. The van der Waals surface area contributed by atoms with Crippen LogP contribution in [0.4, 0.5) is 9.18 Å². The molecule has 1 fully saturated rings. The Hall–Kier alpha value is -1.27. The van der Waals surface area contributed by atoms with Crippen molar-refractivity contribution in [2.24, 2.45) is 0 Å². The molecule has 0 bridgehead atoms. The van der Waals surface area contributed by atoms with Gasteiger partial charge in [-0.05, 0) is 48.8 Å². The van der Waals surface area contributed by atoms with E-state index in [0.717, 1.165) is 36.1 Å². The summed E-state index contributed by atoms with van der Waals surface area (Å²) in [4.78, 5) is 12.0. The van der Waals surface area contributed by atoms with Crippen LogP contribution in [-0.4, -0.2) is 31.5 Å². The van der Waals surface area contributed by atoms with E-state index >= 15 is 0 Å². The Morgan fingerprint density at radius 3 is 2.91 bits per heavy atom. The highest BCUT2D eigenvalue weighted by Crippen LogP contribution is 2.21. The molecular formula is C16H23FN2O2S. The van der Waals surface area contributed by atoms with Crippen molar-refractivity contribution in [3.05, 3.63) is 35.1 Å². The second-order valence-corrected chi connectivity index (χ2v) is 6.41. The SMILES string of the molecule is CO[C@H]1CC[C@@H](NC(=O)NCc2ccc(F)cc2CSC)C1. The molecule has 0 radical (unpaired) electrons. The maximum atomic E-state index is 13.3. The van der Waals surface area contributed by atoms with Crippen molar-refractivity contribution in [2.75, 3.05) is 13.4 Å². The van der Waals surface area contributed by atoms with Gasteiger partial charge in [-0.1, -0.05) is 6.07 Å². The summed E-state index contributed by atoms with van der Waals surface area (Å²) in [6.07, 6.45) is 5.01. The first-order chi connectivity index (χ1) is 10.6. The number of urea groups is 1. The lowest BCUT2D eigenvalue weighted by atomic mass is 10.1. The van der Waals surface area contributed by atoms with E-state index in [2.05, 4.69) is 10.6 Å². The lowest BCUT2D eigenvalue weighted by Crippen LogP contribution is -2.41. The van der Waals surface area contributed by atoms with E-state index in [-0.39, 0.29) is 24.0 Å². The Balaban J connectivity index is 1.83. The molecule has 4 nitrogen and oxygen atoms in total. The normalized spacial score (nSPS) is 20.9. The number of hydrogen-bond donors (Lipinski definition) is 2. The Labute approximate surface area is 135 Å². The van der Waals surface area contributed by atoms with Gasteiger partial charge in [-0.15, -0.1) is 0 Å². The van der Waals surface area contributed by atoms with Gasteiger partial charge in [0.25, 0.3) is 0 Å². The third-order valence-corrected chi connectivity index (χ3v) is 4.56. The van der Waals surface area contributed by atoms with Gasteiger partial charge in [0.15, 0.2) is 0 Å². The van der Waals surface area contributed by atoms with Crippen molar-refractivity contribution in [1.82, 2.24) is 10.6 Å². The molecule has 2 amide bonds. The van der Waals surface area contributed by atoms with E-state index in [1.807, 2.05) is 6.26 Å². The van der Waals surface area contributed by atoms with E-state index in [1.54, 1.807) is 24.9 Å². The lowest BCUT2D eigenvalue weighted by Gasteiger charge is -2.15. The average molecular weight is 326 g/mol. The highest BCUT2D eigenvalue weighted by molar-refractivity contribution is 7.97. The number of hydrogen-bond acceptors (Lipinski definition) is 3. The molecule has 0 heterocycles. The largest absolute Gasteiger partial charge is 0.381 e. The number of halogens is 1. The summed E-state index contributed by atoms with van der Waals surface area (Å²) in [7, 11) is 1.70. The van der Waals surface area contributed by atoms with Crippen LogP contribution in [0, 0.1) is 5.82 Å². The molecule has 0 saturated heterocycles. The summed E-state index contributed by atoms with van der Waals surface area (Å²) >= 11 is 1.63. The van der Waals surface area contributed by atoms with E-state index in [4.69, 9.17) is 4.74 Å². The molecule has 1 saturated carbocycles. The fourth-order valence-electron chi connectivity index (χ4n) is 2.75. The molecule has 6 heteroatoms. The number of nitrogens with one attached hydrogen (secondary N) is 2. The smallest absolute Gasteiger partial charge is 0.315 e. The van der Waals surface area contributed by atoms with Crippen molar-refractivity contribution in [3.8, 4) is 0 Å². The zero-order chi connectivity index (χ0) is 15.9. The molecule has 0 aromatic heterocycles. The van der Waals surface area contributed by atoms with Crippen LogP contribution in [0.25, 0.3) is 0 Å². The Bertz CT molecular complexity index is 513. The van der Waals surface area contributed by atoms with Gasteiger partial charge >= 0.3 is 6.03 Å². The van der Waals surface area contributed by atoms with Crippen LogP contribution in [-0.2, 0) is 17.0 Å². The van der Waals surface area contributed by atoms with Crippen molar-refractivity contribution < 1.29 is 13.9 Å². The molecule has 0 aliphatic heterocycles. The van der Waals surface area contributed by atoms with Gasteiger partial charge in [-0.2, -0.15) is 11.8 Å². The van der Waals surface area contributed by atoms with Crippen LogP contribution >= 0.6 is 11.8 Å². The highest BCUT2D eigenvalue weighted by Gasteiger charge is 2.25. The van der Waals surface area contributed by atoms with E-state index in [9.17, 15) is 9.18 Å². The first-order valence-electron chi connectivity index (χ1n) is 7.45. The number of amides is 2. The fourth-order valence-corrected chi connectivity index (χ4v) is 3.33. The Kier molecular flexibility index (Phi) is 6.51. The zero-order valence-corrected chi connectivity index (χ0v) is 13.8. The standard InChI is InChI=1S/C16H23FN2O2S/c1-21-15-6-5-14(8-15)19-16(20)18-9-11-3-4-13(17)7-12(11)10-22-2/h3-4,7,14-15H,5-6,8-10H2,1-2H3,(H2,18,19,20)/t14-,15+/m1/s1. The van der Waals surface area contributed by atoms with Crippen molar-refractivity contribution in [2.45, 2.75) is 43.7 Å². The van der Waals surface area contributed by atoms with Gasteiger partial charge in [-0.3, -0.25) is 0 Å². The van der Waals surface area contributed by atoms with Gasteiger partial charge in [-0.25, -0.2) is 9.18 Å². The van der Waals surface area contributed by atoms with Gasteiger partial charge in [0.05, 0.1) is 6.10 Å². The molecule has 2 atom stereocenters. The summed E-state index contributed by atoms with van der Waals surface area (Å²) in [5.74, 6) is 0.489. The van der Waals surface area contributed by atoms with Crippen LogP contribution < -0.4 is 10.6 Å². The maximum Gasteiger partial charge on any atom is 0.315 e. The summed E-state index contributed by atoms with van der Waals surface area (Å²) in [6.45, 7) is 0.405. The summed E-state index contributed by atoms with van der Waals surface area (Å²) < 4.78 is 18.6. The predicted octanol–water partition coefficient (Wildman–Crippen LogP) is 3.06. The topological polar surface area (TPSA) is 50.4 Å². The summed E-state index contributed by atoms with van der Waals surface area (Å²) in [5.41, 5.74) is 1.88. The summed E-state index contributed by atoms with van der Waals surface area (Å²) in [5, 5.41) is 5.82. The average Bonchev–Trinajstić information content (AvgIpc) is 2.94. The van der Waals surface area contributed by atoms with Gasteiger partial charge in [0, 0.05) is 25.4 Å². The predicted molar refractivity (Wildman–Crippen MR) is 87.4 cm³/mol. The molecule has 2 rings (SSSR count). The monoisotopic (exact) mass is 326 g/mol. The van der Waals surface area contributed by atoms with Gasteiger partial charge < -0.3 is 15.4 Å². The molecule has 0 unspecified atom stereocenters. The Morgan fingerprint density at radius 2 is 2.23 bits per heavy atom. The van der Waals surface area contributed by atoms with Crippen molar-refractivity contribution in [3.63, 3.8) is 0 Å². The van der Waals surface area contributed by atoms with E-state index in [1.165, 1.54) is 12.1 Å². The minimum Gasteiger partial charge on any atom is -0.381 e. The third kappa shape index (κ3) is 4.88. The number of rotatable bonds is 6. The molecular weight excluding hydrogens is 303 g/mol. The van der Waals surface area contributed by atoms with Crippen molar-refractivity contribution >= 4 is 17.8 Å². The number of methoxy groups -OCH3 is 1. The molecule has 122 valence electrons. The van der Waals surface area contributed by atoms with Gasteiger partial charge in [0.2, 0.25) is 0 Å². The van der Waals surface area contributed by atoms with Crippen molar-refractivity contribution in [1.29, 1.82) is 0 Å². The molecule has 1 aliphatic rings. The first kappa shape index (κ1) is 17.1. The highest BCUT2D eigenvalue weighted by atomic mass is 32.2. The quantitative estimate of drug-likeness (QED) is 0.845. The minimum atomic E-state index is -0.242. The van der Waals surface area contributed by atoms with E-state index in [0.29, 0.717) is 6.54 Å². The molecule has 1 aromatic rings. The van der Waals surface area contributed by atoms with E-state index < -0.39 is 0 Å². The van der Waals surface area contributed by atoms with Crippen LogP contribution in [0.5, 0.6) is 0 Å². The van der Waals surface area contributed by atoms with Gasteiger partial charge in [0.1, 0.15) is 5.82 Å². The fraction of sp³-hybridized carbons (Fsp3) is 0.562. The lowest BCUT2D eigenvalue weighted by molar-refractivity contribution is 0.107. The molecule has 2 N–H and O–H groups in total. The van der Waals surface area contributed by atoms with Crippen LogP contribution in [0.15, 0.2) is 18.2 Å². The molecule has 22 heavy (non-hydrogen) atoms. The zero-order valence-electron chi connectivity index (χ0n) is 13.0. The number of benzene rings is 1. The maximum absolute atomic E-state index is 13.3. The molecule has 1 aliphatic carbocycles. The number of ether oxygens (including phenoxy) is 1.